The topological polar surface area (TPSA) is 18.1 Å². The minimum absolute atomic E-state index is 0.934. The summed E-state index contributed by atoms with van der Waals surface area (Å²) in [5, 5.41) is 4.92. The molecule has 0 N–H and O–H groups in total. The van der Waals surface area contributed by atoms with Crippen molar-refractivity contribution in [2.75, 3.05) is 0 Å². The van der Waals surface area contributed by atoms with E-state index in [0.29, 0.717) is 0 Å². The fraction of sp³-hybridized carbons (Fsp3) is 0.0526. The fourth-order valence-corrected chi connectivity index (χ4v) is 7.64. The molecule has 0 bridgehead atoms. The van der Waals surface area contributed by atoms with E-state index in [1.54, 1.807) is 0 Å². The maximum Gasteiger partial charge on any atom is 0.135 e. The second-order valence-corrected chi connectivity index (χ2v) is 11.9. The minimum atomic E-state index is 0.934. The fourth-order valence-electron chi connectivity index (χ4n) is 6.61. The third kappa shape index (κ3) is 3.52. The Kier molecular flexibility index (Phi) is 4.99. The molecule has 8 aromatic rings. The molecular formula is C38H25NOS. The Bertz CT molecular complexity index is 2250. The lowest BCUT2D eigenvalue weighted by Gasteiger charge is -2.15. The summed E-state index contributed by atoms with van der Waals surface area (Å²) in [5.74, 6) is 2.01. The average molecular weight is 544 g/mol. The number of rotatable bonds is 2. The first-order valence-electron chi connectivity index (χ1n) is 14.1. The van der Waals surface area contributed by atoms with Crippen LogP contribution in [0.3, 0.4) is 0 Å². The molecule has 1 aliphatic heterocycles. The monoisotopic (exact) mass is 543 g/mol. The van der Waals surface area contributed by atoms with E-state index in [-0.39, 0.29) is 0 Å². The first-order chi connectivity index (χ1) is 20.3. The lowest BCUT2D eigenvalue weighted by atomic mass is 9.92. The van der Waals surface area contributed by atoms with Gasteiger partial charge in [0.15, 0.2) is 0 Å². The van der Waals surface area contributed by atoms with Crippen LogP contribution in [0.5, 0.6) is 0 Å². The number of aromatic nitrogens is 1. The van der Waals surface area contributed by atoms with E-state index < -0.39 is 0 Å². The van der Waals surface area contributed by atoms with E-state index in [2.05, 4.69) is 120 Å². The summed E-state index contributed by atoms with van der Waals surface area (Å²) in [6, 6.07) is 46.4. The van der Waals surface area contributed by atoms with Crippen molar-refractivity contribution in [1.82, 2.24) is 4.57 Å². The SMILES string of the molecule is c1ccc2c(c1)oc1ccc(-c3ccc4c(c3)-c3ccc(-n5c6ccccc6c6ccccc65)cc3CSC4)cc12. The number of para-hydroxylation sites is 3. The van der Waals surface area contributed by atoms with Crippen molar-refractivity contribution in [3.8, 4) is 27.9 Å². The van der Waals surface area contributed by atoms with Gasteiger partial charge in [-0.2, -0.15) is 11.8 Å². The van der Waals surface area contributed by atoms with E-state index in [1.165, 1.54) is 71.6 Å². The molecule has 0 radical (unpaired) electrons. The van der Waals surface area contributed by atoms with Crippen LogP contribution in [-0.2, 0) is 11.5 Å². The van der Waals surface area contributed by atoms with Gasteiger partial charge in [0, 0.05) is 38.7 Å². The molecule has 3 heteroatoms. The lowest BCUT2D eigenvalue weighted by molar-refractivity contribution is 0.669. The largest absolute Gasteiger partial charge is 0.456 e. The second-order valence-electron chi connectivity index (χ2n) is 10.9. The summed E-state index contributed by atoms with van der Waals surface area (Å²) >= 11 is 2.00. The predicted octanol–water partition coefficient (Wildman–Crippen LogP) is 10.8. The highest BCUT2D eigenvalue weighted by atomic mass is 32.2. The molecule has 2 nitrogen and oxygen atoms in total. The van der Waals surface area contributed by atoms with Crippen LogP contribution < -0.4 is 0 Å². The van der Waals surface area contributed by atoms with Crippen LogP contribution in [0, 0.1) is 0 Å². The van der Waals surface area contributed by atoms with Crippen molar-refractivity contribution in [2.24, 2.45) is 0 Å². The Hall–Kier alpha value is -4.73. The molecule has 0 fully saturated rings. The zero-order valence-electron chi connectivity index (χ0n) is 22.3. The van der Waals surface area contributed by atoms with Crippen LogP contribution in [-0.4, -0.2) is 4.57 Å². The highest BCUT2D eigenvalue weighted by Crippen LogP contribution is 2.41. The Balaban J connectivity index is 1.19. The standard InChI is InChI=1S/C38H25NOS/c1-4-10-35-30(7-1)31-8-2-5-11-36(31)39(35)28-16-17-29-27(19-28)23-41-22-26-14-13-24(20-33(26)29)25-15-18-38-34(21-25)32-9-3-6-12-37(32)40-38/h1-21H,22-23H2. The number of hydrogen-bond donors (Lipinski definition) is 0. The van der Waals surface area contributed by atoms with Gasteiger partial charge in [-0.1, -0.05) is 78.9 Å². The Labute approximate surface area is 241 Å². The van der Waals surface area contributed by atoms with Crippen LogP contribution in [0.4, 0.5) is 0 Å². The van der Waals surface area contributed by atoms with Crippen molar-refractivity contribution in [2.45, 2.75) is 11.5 Å². The normalized spacial score (nSPS) is 13.1. The van der Waals surface area contributed by atoms with Crippen LogP contribution in [0.2, 0.25) is 0 Å². The molecule has 9 rings (SSSR count). The Morgan fingerprint density at radius 1 is 0.488 bits per heavy atom. The van der Waals surface area contributed by atoms with Crippen molar-refractivity contribution < 1.29 is 4.42 Å². The Morgan fingerprint density at radius 3 is 1.98 bits per heavy atom. The van der Waals surface area contributed by atoms with Gasteiger partial charge in [0.2, 0.25) is 0 Å². The van der Waals surface area contributed by atoms with Gasteiger partial charge in [-0.05, 0) is 81.9 Å². The van der Waals surface area contributed by atoms with Crippen molar-refractivity contribution >= 4 is 55.5 Å². The van der Waals surface area contributed by atoms with E-state index in [1.807, 2.05) is 23.9 Å². The summed E-state index contributed by atoms with van der Waals surface area (Å²) in [6.45, 7) is 0. The van der Waals surface area contributed by atoms with Gasteiger partial charge in [0.1, 0.15) is 11.2 Å². The van der Waals surface area contributed by atoms with Gasteiger partial charge >= 0.3 is 0 Å². The number of thioether (sulfide) groups is 1. The minimum Gasteiger partial charge on any atom is -0.456 e. The van der Waals surface area contributed by atoms with Gasteiger partial charge in [0.05, 0.1) is 11.0 Å². The Morgan fingerprint density at radius 2 is 1.15 bits per heavy atom. The van der Waals surface area contributed by atoms with Crippen LogP contribution in [0.1, 0.15) is 11.1 Å². The number of fused-ring (bicyclic) bond motifs is 9. The molecule has 0 amide bonds. The van der Waals surface area contributed by atoms with Gasteiger partial charge in [-0.25, -0.2) is 0 Å². The highest BCUT2D eigenvalue weighted by Gasteiger charge is 2.19. The maximum absolute atomic E-state index is 6.09. The van der Waals surface area contributed by atoms with E-state index >= 15 is 0 Å². The summed E-state index contributed by atoms with van der Waals surface area (Å²) in [5.41, 5.74) is 13.5. The van der Waals surface area contributed by atoms with Gasteiger partial charge < -0.3 is 8.98 Å². The summed E-state index contributed by atoms with van der Waals surface area (Å²) in [4.78, 5) is 0. The predicted molar refractivity (Wildman–Crippen MR) is 174 cm³/mol. The van der Waals surface area contributed by atoms with Gasteiger partial charge in [-0.3, -0.25) is 0 Å². The van der Waals surface area contributed by atoms with Crippen molar-refractivity contribution in [1.29, 1.82) is 0 Å². The van der Waals surface area contributed by atoms with E-state index in [4.69, 9.17) is 4.42 Å². The molecular weight excluding hydrogens is 518 g/mol. The van der Waals surface area contributed by atoms with E-state index in [0.717, 1.165) is 22.7 Å². The smallest absolute Gasteiger partial charge is 0.135 e. The molecule has 194 valence electrons. The van der Waals surface area contributed by atoms with Crippen molar-refractivity contribution in [3.63, 3.8) is 0 Å². The molecule has 6 aromatic carbocycles. The highest BCUT2D eigenvalue weighted by molar-refractivity contribution is 7.97. The summed E-state index contributed by atoms with van der Waals surface area (Å²) in [7, 11) is 0. The number of furan rings is 1. The molecule has 2 aromatic heterocycles. The summed E-state index contributed by atoms with van der Waals surface area (Å²) < 4.78 is 8.51. The maximum atomic E-state index is 6.09. The van der Waals surface area contributed by atoms with Crippen LogP contribution >= 0.6 is 11.8 Å². The van der Waals surface area contributed by atoms with Gasteiger partial charge in [0.25, 0.3) is 0 Å². The molecule has 0 spiro atoms. The number of benzene rings is 6. The molecule has 1 aliphatic rings. The van der Waals surface area contributed by atoms with Crippen LogP contribution in [0.25, 0.3) is 71.7 Å². The third-order valence-electron chi connectivity index (χ3n) is 8.55. The first-order valence-corrected chi connectivity index (χ1v) is 15.2. The van der Waals surface area contributed by atoms with Crippen LogP contribution in [0.15, 0.2) is 132 Å². The quantitative estimate of drug-likeness (QED) is 0.216. The molecule has 0 saturated heterocycles. The average Bonchev–Trinajstić information content (AvgIpc) is 3.50. The first kappa shape index (κ1) is 23.0. The zero-order valence-corrected chi connectivity index (χ0v) is 23.1. The molecule has 0 unspecified atom stereocenters. The molecule has 41 heavy (non-hydrogen) atoms. The van der Waals surface area contributed by atoms with Crippen molar-refractivity contribution in [3.05, 3.63) is 139 Å². The lowest BCUT2D eigenvalue weighted by Crippen LogP contribution is -1.97. The number of nitrogens with zero attached hydrogens (tertiary/aromatic N) is 1. The number of hydrogen-bond acceptors (Lipinski definition) is 2. The molecule has 0 atom stereocenters. The van der Waals surface area contributed by atoms with E-state index in [9.17, 15) is 0 Å². The molecule has 3 heterocycles. The summed E-state index contributed by atoms with van der Waals surface area (Å²) in [6.07, 6.45) is 0. The van der Waals surface area contributed by atoms with Gasteiger partial charge in [-0.15, -0.1) is 0 Å². The zero-order chi connectivity index (χ0) is 26.9. The molecule has 0 saturated carbocycles. The molecule has 0 aliphatic carbocycles. The third-order valence-corrected chi connectivity index (χ3v) is 9.58. The second kappa shape index (κ2) is 8.89.